The van der Waals surface area contributed by atoms with E-state index in [0.29, 0.717) is 5.92 Å². The number of benzene rings is 1. The normalized spacial score (nSPS) is 20.5. The third-order valence-corrected chi connectivity index (χ3v) is 3.10. The minimum Gasteiger partial charge on any atom is -0.383 e. The number of anilines is 2. The Hall–Kier alpha value is -0.890. The van der Waals surface area contributed by atoms with Crippen LogP contribution in [0, 0.1) is 12.8 Å². The molecule has 1 aromatic rings. The quantitative estimate of drug-likeness (QED) is 0.729. The van der Waals surface area contributed by atoms with E-state index in [-0.39, 0.29) is 0 Å². The zero-order valence-electron chi connectivity index (χ0n) is 9.47. The molecule has 2 nitrogen and oxygen atoms in total. The molecule has 0 spiro atoms. The Labute approximate surface area is 96.2 Å². The smallest absolute Gasteiger partial charge is 0.0788 e. The van der Waals surface area contributed by atoms with E-state index in [1.165, 1.54) is 5.56 Å². The summed E-state index contributed by atoms with van der Waals surface area (Å²) in [5, 5.41) is 4.30. The van der Waals surface area contributed by atoms with E-state index < -0.39 is 0 Å². The lowest BCUT2D eigenvalue weighted by atomic mass is 10.1. The van der Waals surface area contributed by atoms with Gasteiger partial charge in [0, 0.05) is 20.1 Å². The molecule has 0 saturated heterocycles. The molecule has 1 aromatic carbocycles. The highest BCUT2D eigenvalue weighted by molar-refractivity contribution is 6.34. The average molecular weight is 225 g/mol. The summed E-state index contributed by atoms with van der Waals surface area (Å²) in [6.45, 7) is 6.37. The number of aryl methyl sites for hydroxylation is 1. The molecule has 2 rings (SSSR count). The van der Waals surface area contributed by atoms with Gasteiger partial charge in [0.25, 0.3) is 0 Å². The number of fused-ring (bicyclic) bond motifs is 1. The minimum absolute atomic E-state index is 0.638. The van der Waals surface area contributed by atoms with Gasteiger partial charge in [-0.1, -0.05) is 18.5 Å². The Bertz CT molecular complexity index is 376. The first kappa shape index (κ1) is 10.6. The molecule has 0 bridgehead atoms. The van der Waals surface area contributed by atoms with Crippen LogP contribution in [0.15, 0.2) is 12.1 Å². The fourth-order valence-electron chi connectivity index (χ4n) is 2.16. The van der Waals surface area contributed by atoms with Crippen molar-refractivity contribution in [2.24, 2.45) is 5.92 Å². The van der Waals surface area contributed by atoms with Gasteiger partial charge in [0.2, 0.25) is 0 Å². The van der Waals surface area contributed by atoms with Crippen LogP contribution in [0.1, 0.15) is 12.5 Å². The largest absolute Gasteiger partial charge is 0.383 e. The molecule has 0 aromatic heterocycles. The molecule has 1 aliphatic rings. The lowest BCUT2D eigenvalue weighted by molar-refractivity contribution is 0.618. The second kappa shape index (κ2) is 3.93. The van der Waals surface area contributed by atoms with E-state index in [0.717, 1.165) is 29.5 Å². The summed E-state index contributed by atoms with van der Waals surface area (Å²) < 4.78 is 0. The third kappa shape index (κ3) is 2.05. The predicted octanol–water partition coefficient (Wildman–Crippen LogP) is 3.15. The SMILES string of the molecule is Cc1cc(Cl)c2c(c1)NCC(C)CN2C. The van der Waals surface area contributed by atoms with Crippen molar-refractivity contribution in [2.45, 2.75) is 13.8 Å². The zero-order chi connectivity index (χ0) is 11.0. The van der Waals surface area contributed by atoms with Gasteiger partial charge in [-0.05, 0) is 30.5 Å². The first-order valence-electron chi connectivity index (χ1n) is 5.33. The fraction of sp³-hybridized carbons (Fsp3) is 0.500. The average Bonchev–Trinajstić information content (AvgIpc) is 2.25. The summed E-state index contributed by atoms with van der Waals surface area (Å²) >= 11 is 6.28. The Balaban J connectivity index is 2.48. The van der Waals surface area contributed by atoms with Gasteiger partial charge in [0.15, 0.2) is 0 Å². The van der Waals surface area contributed by atoms with Crippen LogP contribution in [-0.4, -0.2) is 20.1 Å². The van der Waals surface area contributed by atoms with Gasteiger partial charge < -0.3 is 10.2 Å². The van der Waals surface area contributed by atoms with Crippen LogP contribution in [0.4, 0.5) is 11.4 Å². The molecule has 1 unspecified atom stereocenters. The molecule has 0 aliphatic carbocycles. The van der Waals surface area contributed by atoms with Crippen LogP contribution in [0.2, 0.25) is 5.02 Å². The summed E-state index contributed by atoms with van der Waals surface area (Å²) in [4.78, 5) is 2.24. The van der Waals surface area contributed by atoms with Crippen molar-refractivity contribution in [3.63, 3.8) is 0 Å². The molecule has 0 saturated carbocycles. The standard InChI is InChI=1S/C12H17ClN2/c1-8-4-10(13)12-11(5-8)14-6-9(2)7-15(12)3/h4-5,9,14H,6-7H2,1-3H3. The van der Waals surface area contributed by atoms with Gasteiger partial charge in [-0.15, -0.1) is 0 Å². The van der Waals surface area contributed by atoms with Crippen molar-refractivity contribution in [2.75, 3.05) is 30.4 Å². The highest BCUT2D eigenvalue weighted by atomic mass is 35.5. The molecule has 0 radical (unpaired) electrons. The van der Waals surface area contributed by atoms with Crippen molar-refractivity contribution in [3.8, 4) is 0 Å². The molecular formula is C12H17ClN2. The van der Waals surface area contributed by atoms with Gasteiger partial charge in [-0.3, -0.25) is 0 Å². The van der Waals surface area contributed by atoms with Crippen LogP contribution in [-0.2, 0) is 0 Å². The molecule has 3 heteroatoms. The van der Waals surface area contributed by atoms with Crippen LogP contribution in [0.3, 0.4) is 0 Å². The van der Waals surface area contributed by atoms with Crippen LogP contribution in [0.5, 0.6) is 0 Å². The number of halogens is 1. The summed E-state index contributed by atoms with van der Waals surface area (Å²) in [7, 11) is 2.10. The van der Waals surface area contributed by atoms with Gasteiger partial charge in [-0.2, -0.15) is 0 Å². The third-order valence-electron chi connectivity index (χ3n) is 2.82. The Morgan fingerprint density at radius 3 is 2.93 bits per heavy atom. The lowest BCUT2D eigenvalue weighted by Crippen LogP contribution is -2.24. The number of hydrogen-bond acceptors (Lipinski definition) is 2. The molecule has 0 amide bonds. The Kier molecular flexibility index (Phi) is 2.79. The molecule has 1 aliphatic heterocycles. The Morgan fingerprint density at radius 2 is 2.20 bits per heavy atom. The van der Waals surface area contributed by atoms with E-state index >= 15 is 0 Å². The monoisotopic (exact) mass is 224 g/mol. The molecule has 15 heavy (non-hydrogen) atoms. The first-order chi connectivity index (χ1) is 7.08. The van der Waals surface area contributed by atoms with E-state index in [1.54, 1.807) is 0 Å². The number of rotatable bonds is 0. The molecule has 1 heterocycles. The van der Waals surface area contributed by atoms with Crippen LogP contribution >= 0.6 is 11.6 Å². The van der Waals surface area contributed by atoms with Crippen molar-refractivity contribution in [1.82, 2.24) is 0 Å². The highest BCUT2D eigenvalue weighted by Gasteiger charge is 2.18. The number of hydrogen-bond donors (Lipinski definition) is 1. The van der Waals surface area contributed by atoms with Crippen molar-refractivity contribution >= 4 is 23.0 Å². The molecule has 0 fully saturated rings. The Morgan fingerprint density at radius 1 is 1.47 bits per heavy atom. The topological polar surface area (TPSA) is 15.3 Å². The lowest BCUT2D eigenvalue weighted by Gasteiger charge is -2.22. The summed E-state index contributed by atoms with van der Waals surface area (Å²) in [5.41, 5.74) is 3.49. The second-order valence-corrected chi connectivity index (χ2v) is 4.92. The maximum Gasteiger partial charge on any atom is 0.0788 e. The van der Waals surface area contributed by atoms with Crippen LogP contribution < -0.4 is 10.2 Å². The van der Waals surface area contributed by atoms with Crippen molar-refractivity contribution in [1.29, 1.82) is 0 Å². The molecule has 82 valence electrons. The van der Waals surface area contributed by atoms with E-state index in [2.05, 4.69) is 37.2 Å². The van der Waals surface area contributed by atoms with Gasteiger partial charge in [0.1, 0.15) is 0 Å². The van der Waals surface area contributed by atoms with E-state index in [4.69, 9.17) is 11.6 Å². The van der Waals surface area contributed by atoms with Crippen molar-refractivity contribution < 1.29 is 0 Å². The highest BCUT2D eigenvalue weighted by Crippen LogP contribution is 2.36. The van der Waals surface area contributed by atoms with E-state index in [1.807, 2.05) is 6.07 Å². The second-order valence-electron chi connectivity index (χ2n) is 4.51. The molecular weight excluding hydrogens is 208 g/mol. The minimum atomic E-state index is 0.638. The maximum atomic E-state index is 6.28. The summed E-state index contributed by atoms with van der Waals surface area (Å²) in [5.74, 6) is 0.638. The van der Waals surface area contributed by atoms with Gasteiger partial charge in [-0.25, -0.2) is 0 Å². The van der Waals surface area contributed by atoms with E-state index in [9.17, 15) is 0 Å². The molecule has 1 atom stereocenters. The fourth-order valence-corrected chi connectivity index (χ4v) is 2.58. The van der Waals surface area contributed by atoms with Gasteiger partial charge in [0.05, 0.1) is 16.4 Å². The zero-order valence-corrected chi connectivity index (χ0v) is 10.2. The summed E-state index contributed by atoms with van der Waals surface area (Å²) in [6, 6.07) is 4.18. The predicted molar refractivity (Wildman–Crippen MR) is 67.1 cm³/mol. The first-order valence-corrected chi connectivity index (χ1v) is 5.71. The number of nitrogens with one attached hydrogen (secondary N) is 1. The summed E-state index contributed by atoms with van der Waals surface area (Å²) in [6.07, 6.45) is 0. The maximum absolute atomic E-state index is 6.28. The number of nitrogens with zero attached hydrogens (tertiary/aromatic N) is 1. The van der Waals surface area contributed by atoms with Gasteiger partial charge >= 0.3 is 0 Å². The molecule has 1 N–H and O–H groups in total. The van der Waals surface area contributed by atoms with Crippen LogP contribution in [0.25, 0.3) is 0 Å². The van der Waals surface area contributed by atoms with Crippen molar-refractivity contribution in [3.05, 3.63) is 22.7 Å².